The van der Waals surface area contributed by atoms with Crippen molar-refractivity contribution in [1.29, 1.82) is 0 Å². The van der Waals surface area contributed by atoms with Gasteiger partial charge in [0.2, 0.25) is 0 Å². The van der Waals surface area contributed by atoms with E-state index in [1.165, 1.54) is 7.11 Å². The van der Waals surface area contributed by atoms with Gasteiger partial charge >= 0.3 is 5.97 Å². The van der Waals surface area contributed by atoms with E-state index >= 15 is 0 Å². The highest BCUT2D eigenvalue weighted by atomic mass is 16.5. The fraction of sp³-hybridized carbons (Fsp3) is 0.545. The number of methoxy groups -OCH3 is 1. The Labute approximate surface area is 90.0 Å². The molecule has 0 spiro atoms. The molecule has 0 aliphatic carbocycles. The second-order valence-corrected chi connectivity index (χ2v) is 3.80. The van der Waals surface area contributed by atoms with E-state index in [4.69, 9.17) is 10.5 Å². The smallest absolute Gasteiger partial charge is 0.340 e. The minimum absolute atomic E-state index is 0.168. The summed E-state index contributed by atoms with van der Waals surface area (Å²) in [6, 6.07) is -0.168. The summed E-state index contributed by atoms with van der Waals surface area (Å²) in [5.41, 5.74) is 9.26. The second kappa shape index (κ2) is 4.06. The van der Waals surface area contributed by atoms with Gasteiger partial charge in [0.1, 0.15) is 0 Å². The van der Waals surface area contributed by atoms with Gasteiger partial charge in [0, 0.05) is 30.0 Å². The maximum Gasteiger partial charge on any atom is 0.340 e. The van der Waals surface area contributed by atoms with Crippen LogP contribution in [0.25, 0.3) is 0 Å². The van der Waals surface area contributed by atoms with Crippen molar-refractivity contribution in [3.05, 3.63) is 22.5 Å². The molecule has 0 amide bonds. The zero-order chi connectivity index (χ0) is 11.7. The lowest BCUT2D eigenvalue weighted by molar-refractivity contribution is 0.0598. The first kappa shape index (κ1) is 11.8. The Morgan fingerprint density at radius 3 is 2.33 bits per heavy atom. The van der Waals surface area contributed by atoms with Crippen LogP contribution in [0, 0.1) is 13.8 Å². The van der Waals surface area contributed by atoms with Crippen LogP contribution in [0.4, 0.5) is 0 Å². The van der Waals surface area contributed by atoms with Gasteiger partial charge < -0.3 is 15.0 Å². The molecule has 84 valence electrons. The van der Waals surface area contributed by atoms with Gasteiger partial charge in [-0.3, -0.25) is 0 Å². The van der Waals surface area contributed by atoms with Gasteiger partial charge in [0.05, 0.1) is 12.7 Å². The molecule has 4 nitrogen and oxygen atoms in total. The van der Waals surface area contributed by atoms with Crippen LogP contribution in [0.5, 0.6) is 0 Å². The normalized spacial score (nSPS) is 12.7. The molecule has 0 aliphatic heterocycles. The topological polar surface area (TPSA) is 57.2 Å². The van der Waals surface area contributed by atoms with Gasteiger partial charge in [-0.15, -0.1) is 0 Å². The van der Waals surface area contributed by atoms with Crippen molar-refractivity contribution in [2.24, 2.45) is 12.8 Å². The van der Waals surface area contributed by atoms with Crippen LogP contribution in [0.15, 0.2) is 0 Å². The number of hydrogen-bond donors (Lipinski definition) is 1. The van der Waals surface area contributed by atoms with Crippen molar-refractivity contribution in [3.8, 4) is 0 Å². The Morgan fingerprint density at radius 2 is 1.93 bits per heavy atom. The van der Waals surface area contributed by atoms with E-state index in [0.717, 1.165) is 17.0 Å². The average Bonchev–Trinajstić information content (AvgIpc) is 2.41. The van der Waals surface area contributed by atoms with E-state index in [1.54, 1.807) is 0 Å². The molecule has 1 atom stereocenters. The third-order valence-electron chi connectivity index (χ3n) is 2.87. The highest BCUT2D eigenvalue weighted by Crippen LogP contribution is 2.26. The molecule has 1 aromatic rings. The van der Waals surface area contributed by atoms with E-state index in [1.807, 2.05) is 32.4 Å². The van der Waals surface area contributed by atoms with Gasteiger partial charge in [-0.2, -0.15) is 0 Å². The molecule has 4 heteroatoms. The summed E-state index contributed by atoms with van der Waals surface area (Å²) in [7, 11) is 3.30. The molecule has 0 radical (unpaired) electrons. The maximum atomic E-state index is 11.6. The van der Waals surface area contributed by atoms with Crippen molar-refractivity contribution in [1.82, 2.24) is 4.57 Å². The van der Waals surface area contributed by atoms with Crippen molar-refractivity contribution < 1.29 is 9.53 Å². The molecule has 0 aliphatic rings. The van der Waals surface area contributed by atoms with Gasteiger partial charge in [-0.05, 0) is 20.8 Å². The molecule has 0 fully saturated rings. The molecule has 0 bridgehead atoms. The summed E-state index contributed by atoms with van der Waals surface area (Å²) in [5.74, 6) is -0.316. The lowest BCUT2D eigenvalue weighted by atomic mass is 10.0. The molecule has 0 saturated heterocycles. The third-order valence-corrected chi connectivity index (χ3v) is 2.87. The average molecular weight is 210 g/mol. The maximum absolute atomic E-state index is 11.6. The van der Waals surface area contributed by atoms with Gasteiger partial charge in [-0.1, -0.05) is 0 Å². The van der Waals surface area contributed by atoms with Crippen molar-refractivity contribution >= 4 is 5.97 Å². The molecule has 2 N–H and O–H groups in total. The number of carbonyl (C=O) groups is 1. The number of esters is 1. The Morgan fingerprint density at radius 1 is 1.40 bits per heavy atom. The summed E-state index contributed by atoms with van der Waals surface area (Å²) in [5, 5.41) is 0. The SMILES string of the molecule is COC(=O)c1c([C@H](C)N)c(C)n(C)c1C. The molecule has 1 aromatic heterocycles. The van der Waals surface area contributed by atoms with E-state index in [2.05, 4.69) is 0 Å². The largest absolute Gasteiger partial charge is 0.465 e. The number of hydrogen-bond acceptors (Lipinski definition) is 3. The minimum Gasteiger partial charge on any atom is -0.465 e. The van der Waals surface area contributed by atoms with Gasteiger partial charge in [0.15, 0.2) is 0 Å². The Hall–Kier alpha value is -1.29. The Balaban J connectivity index is 3.48. The Kier molecular flexibility index (Phi) is 3.19. The summed E-state index contributed by atoms with van der Waals surface area (Å²) in [4.78, 5) is 11.6. The summed E-state index contributed by atoms with van der Waals surface area (Å²) >= 11 is 0. The number of nitrogens with zero attached hydrogens (tertiary/aromatic N) is 1. The van der Waals surface area contributed by atoms with Crippen LogP contribution >= 0.6 is 0 Å². The lowest BCUT2D eigenvalue weighted by Crippen LogP contribution is -2.12. The van der Waals surface area contributed by atoms with Crippen LogP contribution in [-0.2, 0) is 11.8 Å². The van der Waals surface area contributed by atoms with E-state index in [-0.39, 0.29) is 12.0 Å². The van der Waals surface area contributed by atoms with Crippen LogP contribution in [0.2, 0.25) is 0 Å². The van der Waals surface area contributed by atoms with Crippen LogP contribution in [0.1, 0.15) is 40.3 Å². The van der Waals surface area contributed by atoms with Crippen molar-refractivity contribution in [2.75, 3.05) is 7.11 Å². The second-order valence-electron chi connectivity index (χ2n) is 3.80. The number of carbonyl (C=O) groups excluding carboxylic acids is 1. The molecule has 0 saturated carbocycles. The highest BCUT2D eigenvalue weighted by Gasteiger charge is 2.23. The quantitative estimate of drug-likeness (QED) is 0.752. The first-order valence-corrected chi connectivity index (χ1v) is 4.91. The zero-order valence-corrected chi connectivity index (χ0v) is 9.92. The van der Waals surface area contributed by atoms with Crippen molar-refractivity contribution in [2.45, 2.75) is 26.8 Å². The minimum atomic E-state index is -0.316. The molecule has 1 heterocycles. The number of rotatable bonds is 2. The van der Waals surface area contributed by atoms with Crippen molar-refractivity contribution in [3.63, 3.8) is 0 Å². The summed E-state index contributed by atoms with van der Waals surface area (Å²) in [6.07, 6.45) is 0. The van der Waals surface area contributed by atoms with E-state index < -0.39 is 0 Å². The number of nitrogens with two attached hydrogens (primary N) is 1. The molecule has 0 unspecified atom stereocenters. The fourth-order valence-electron chi connectivity index (χ4n) is 1.89. The molecular formula is C11H18N2O2. The molecule has 1 rings (SSSR count). The molecule has 0 aromatic carbocycles. The van der Waals surface area contributed by atoms with Crippen LogP contribution in [-0.4, -0.2) is 17.6 Å². The van der Waals surface area contributed by atoms with Gasteiger partial charge in [0.25, 0.3) is 0 Å². The standard InChI is InChI=1S/C11H18N2O2/c1-6(12)9-7(2)13(4)8(3)10(9)11(14)15-5/h6H,12H2,1-5H3/t6-/m0/s1. The first-order chi connectivity index (χ1) is 6.91. The van der Waals surface area contributed by atoms with E-state index in [0.29, 0.717) is 5.56 Å². The highest BCUT2D eigenvalue weighted by molar-refractivity contribution is 5.93. The summed E-state index contributed by atoms with van der Waals surface area (Å²) < 4.78 is 6.73. The predicted molar refractivity (Wildman–Crippen MR) is 58.8 cm³/mol. The molecular weight excluding hydrogens is 192 g/mol. The van der Waals surface area contributed by atoms with Crippen LogP contribution < -0.4 is 5.73 Å². The van der Waals surface area contributed by atoms with Gasteiger partial charge in [-0.25, -0.2) is 4.79 Å². The lowest BCUT2D eigenvalue weighted by Gasteiger charge is -2.08. The molecule has 15 heavy (non-hydrogen) atoms. The monoisotopic (exact) mass is 210 g/mol. The van der Waals surface area contributed by atoms with Crippen LogP contribution in [0.3, 0.4) is 0 Å². The fourth-order valence-corrected chi connectivity index (χ4v) is 1.89. The Bertz CT molecular complexity index is 392. The zero-order valence-electron chi connectivity index (χ0n) is 9.92. The number of aromatic nitrogens is 1. The number of ether oxygens (including phenoxy) is 1. The predicted octanol–water partition coefficient (Wildman–Crippen LogP) is 1.45. The summed E-state index contributed by atoms with van der Waals surface area (Å²) in [6.45, 7) is 5.72. The third kappa shape index (κ3) is 1.77. The first-order valence-electron chi connectivity index (χ1n) is 4.91. The van der Waals surface area contributed by atoms with E-state index in [9.17, 15) is 4.79 Å².